The number of nitrogens with one attached hydrogen (secondary N) is 1. The normalized spacial score (nSPS) is 12.6. The average molecular weight is 296 g/mol. The third-order valence-corrected chi connectivity index (χ3v) is 4.45. The van der Waals surface area contributed by atoms with Crippen LogP contribution in [0.2, 0.25) is 5.02 Å². The third kappa shape index (κ3) is 3.50. The summed E-state index contributed by atoms with van der Waals surface area (Å²) in [5, 5.41) is 13.3. The quantitative estimate of drug-likeness (QED) is 0.865. The van der Waals surface area contributed by atoms with Crippen LogP contribution < -0.4 is 5.32 Å². The maximum absolute atomic E-state index is 9.39. The Balaban J connectivity index is 2.02. The molecule has 2 aromatic rings. The lowest BCUT2D eigenvalue weighted by molar-refractivity contribution is 0.475. The molecule has 0 fully saturated rings. The number of aromatic hydroxyl groups is 1. The van der Waals surface area contributed by atoms with E-state index in [0.717, 1.165) is 12.1 Å². The second kappa shape index (κ2) is 5.95. The van der Waals surface area contributed by atoms with E-state index in [0.29, 0.717) is 11.1 Å². The molecule has 2 rings (SSSR count). The van der Waals surface area contributed by atoms with Crippen molar-refractivity contribution in [1.82, 2.24) is 5.32 Å². The summed E-state index contributed by atoms with van der Waals surface area (Å²) < 4.78 is 0. The van der Waals surface area contributed by atoms with Crippen molar-refractivity contribution in [2.24, 2.45) is 0 Å². The zero-order chi connectivity index (χ0) is 14.0. The average Bonchev–Trinajstić information content (AvgIpc) is 2.70. The molecule has 4 heteroatoms. The number of benzene rings is 1. The largest absolute Gasteiger partial charge is 0.506 e. The monoisotopic (exact) mass is 295 g/mol. The fourth-order valence-electron chi connectivity index (χ4n) is 2.12. The predicted molar refractivity (Wildman–Crippen MR) is 82.2 cm³/mol. The molecule has 1 aromatic carbocycles. The smallest absolute Gasteiger partial charge is 0.134 e. The van der Waals surface area contributed by atoms with Crippen LogP contribution in [0.4, 0.5) is 0 Å². The van der Waals surface area contributed by atoms with Crippen LogP contribution in [0.15, 0.2) is 24.3 Å². The number of thiophene rings is 1. The number of hydrogen-bond acceptors (Lipinski definition) is 3. The molecule has 0 saturated heterocycles. The fraction of sp³-hybridized carbons (Fsp3) is 0.333. The summed E-state index contributed by atoms with van der Waals surface area (Å²) in [7, 11) is 0. The van der Waals surface area contributed by atoms with E-state index in [2.05, 4.69) is 32.2 Å². The molecule has 2 N–H and O–H groups in total. The maximum atomic E-state index is 9.39. The molecule has 0 saturated carbocycles. The maximum Gasteiger partial charge on any atom is 0.134 e. The molecule has 0 bridgehead atoms. The molecule has 0 aliphatic heterocycles. The first kappa shape index (κ1) is 14.4. The molecule has 0 amide bonds. The van der Waals surface area contributed by atoms with E-state index in [4.69, 9.17) is 11.6 Å². The van der Waals surface area contributed by atoms with Gasteiger partial charge in [-0.05, 0) is 50.1 Å². The molecule has 19 heavy (non-hydrogen) atoms. The third-order valence-electron chi connectivity index (χ3n) is 3.17. The number of hydrogen-bond donors (Lipinski definition) is 2. The van der Waals surface area contributed by atoms with Crippen LogP contribution in [0.5, 0.6) is 5.75 Å². The van der Waals surface area contributed by atoms with Crippen molar-refractivity contribution in [3.8, 4) is 5.75 Å². The van der Waals surface area contributed by atoms with E-state index < -0.39 is 0 Å². The number of rotatable bonds is 4. The molecule has 1 aromatic heterocycles. The van der Waals surface area contributed by atoms with Gasteiger partial charge in [-0.2, -0.15) is 0 Å². The molecule has 0 spiro atoms. The predicted octanol–water partition coefficient (Wildman–Crippen LogP) is 4.57. The van der Waals surface area contributed by atoms with Crippen LogP contribution in [-0.4, -0.2) is 5.11 Å². The minimum atomic E-state index is 0.128. The highest BCUT2D eigenvalue weighted by molar-refractivity contribution is 7.12. The Morgan fingerprint density at radius 1 is 1.32 bits per heavy atom. The lowest BCUT2D eigenvalue weighted by Crippen LogP contribution is -2.18. The van der Waals surface area contributed by atoms with Crippen LogP contribution in [0.3, 0.4) is 0 Å². The van der Waals surface area contributed by atoms with Crippen LogP contribution in [0, 0.1) is 13.8 Å². The highest BCUT2D eigenvalue weighted by atomic mass is 35.5. The number of aryl methyl sites for hydroxylation is 2. The molecule has 102 valence electrons. The van der Waals surface area contributed by atoms with Gasteiger partial charge >= 0.3 is 0 Å². The zero-order valence-electron chi connectivity index (χ0n) is 11.3. The first-order valence-corrected chi connectivity index (χ1v) is 7.44. The molecule has 1 unspecified atom stereocenters. The van der Waals surface area contributed by atoms with Gasteiger partial charge in [0, 0.05) is 22.3 Å². The Kier molecular flexibility index (Phi) is 4.50. The van der Waals surface area contributed by atoms with Crippen LogP contribution in [0.1, 0.15) is 33.8 Å². The SMILES string of the molecule is Cc1cc(C(C)NCc2ccc(O)c(Cl)c2)c(C)s1. The summed E-state index contributed by atoms with van der Waals surface area (Å²) in [5.41, 5.74) is 2.42. The molecule has 1 atom stereocenters. The van der Waals surface area contributed by atoms with E-state index in [9.17, 15) is 5.11 Å². The minimum absolute atomic E-state index is 0.128. The first-order valence-electron chi connectivity index (χ1n) is 6.25. The molecule has 0 aliphatic rings. The summed E-state index contributed by atoms with van der Waals surface area (Å²) in [5.74, 6) is 0.128. The van der Waals surface area contributed by atoms with Crippen LogP contribution >= 0.6 is 22.9 Å². The Morgan fingerprint density at radius 3 is 2.63 bits per heavy atom. The highest BCUT2D eigenvalue weighted by Gasteiger charge is 2.11. The summed E-state index contributed by atoms with van der Waals surface area (Å²) in [6, 6.07) is 7.85. The van der Waals surface area contributed by atoms with Gasteiger partial charge in [-0.25, -0.2) is 0 Å². The van der Waals surface area contributed by atoms with E-state index in [1.165, 1.54) is 15.3 Å². The zero-order valence-corrected chi connectivity index (χ0v) is 12.9. The van der Waals surface area contributed by atoms with Crippen molar-refractivity contribution in [1.29, 1.82) is 0 Å². The first-order chi connectivity index (χ1) is 8.97. The Bertz CT molecular complexity index is 580. The topological polar surface area (TPSA) is 32.3 Å². The number of phenolic OH excluding ortho intramolecular Hbond substituents is 1. The van der Waals surface area contributed by atoms with Crippen LogP contribution in [0.25, 0.3) is 0 Å². The van der Waals surface area contributed by atoms with Gasteiger partial charge in [-0.15, -0.1) is 11.3 Å². The van der Waals surface area contributed by atoms with E-state index in [-0.39, 0.29) is 5.75 Å². The molecule has 0 aliphatic carbocycles. The van der Waals surface area contributed by atoms with Gasteiger partial charge in [0.15, 0.2) is 0 Å². The van der Waals surface area contributed by atoms with Gasteiger partial charge in [0.1, 0.15) is 5.75 Å². The van der Waals surface area contributed by atoms with E-state index >= 15 is 0 Å². The number of phenols is 1. The molecular formula is C15H18ClNOS. The summed E-state index contributed by atoms with van der Waals surface area (Å²) in [6.07, 6.45) is 0. The Morgan fingerprint density at radius 2 is 2.05 bits per heavy atom. The van der Waals surface area contributed by atoms with Crippen molar-refractivity contribution in [2.45, 2.75) is 33.4 Å². The summed E-state index contributed by atoms with van der Waals surface area (Å²) in [6.45, 7) is 7.18. The molecule has 1 heterocycles. The van der Waals surface area contributed by atoms with Gasteiger partial charge in [-0.3, -0.25) is 0 Å². The lowest BCUT2D eigenvalue weighted by atomic mass is 10.1. The molecule has 0 radical (unpaired) electrons. The van der Waals surface area contributed by atoms with Crippen molar-refractivity contribution in [2.75, 3.05) is 0 Å². The van der Waals surface area contributed by atoms with Gasteiger partial charge in [0.2, 0.25) is 0 Å². The summed E-state index contributed by atoms with van der Waals surface area (Å²) >= 11 is 7.73. The Hall–Kier alpha value is -1.03. The van der Waals surface area contributed by atoms with Crippen molar-refractivity contribution in [3.63, 3.8) is 0 Å². The van der Waals surface area contributed by atoms with E-state index in [1.54, 1.807) is 12.1 Å². The van der Waals surface area contributed by atoms with Crippen molar-refractivity contribution >= 4 is 22.9 Å². The van der Waals surface area contributed by atoms with Gasteiger partial charge in [0.05, 0.1) is 5.02 Å². The second-order valence-corrected chi connectivity index (χ2v) is 6.62. The Labute approximate surface area is 123 Å². The van der Waals surface area contributed by atoms with Gasteiger partial charge in [0.25, 0.3) is 0 Å². The minimum Gasteiger partial charge on any atom is -0.506 e. The van der Waals surface area contributed by atoms with Crippen molar-refractivity contribution < 1.29 is 5.11 Å². The second-order valence-electron chi connectivity index (χ2n) is 4.76. The van der Waals surface area contributed by atoms with E-state index in [1.807, 2.05) is 17.4 Å². The highest BCUT2D eigenvalue weighted by Crippen LogP contribution is 2.27. The van der Waals surface area contributed by atoms with Gasteiger partial charge in [-0.1, -0.05) is 17.7 Å². The molecule has 2 nitrogen and oxygen atoms in total. The standard InChI is InChI=1S/C15H18ClNOS/c1-9-6-13(11(3)19-9)10(2)17-8-12-4-5-15(18)14(16)7-12/h4-7,10,17-18H,8H2,1-3H3. The van der Waals surface area contributed by atoms with Crippen molar-refractivity contribution in [3.05, 3.63) is 50.2 Å². The lowest BCUT2D eigenvalue weighted by Gasteiger charge is -2.14. The van der Waals surface area contributed by atoms with Gasteiger partial charge < -0.3 is 10.4 Å². The van der Waals surface area contributed by atoms with Crippen LogP contribution in [-0.2, 0) is 6.54 Å². The fourth-order valence-corrected chi connectivity index (χ4v) is 3.35. The summed E-state index contributed by atoms with van der Waals surface area (Å²) in [4.78, 5) is 2.70. The number of halogens is 1. The molecular weight excluding hydrogens is 278 g/mol.